The molecular formula is C21H17N2Se+. The number of fused-ring (bicyclic) bond motifs is 3. The fourth-order valence-corrected chi connectivity index (χ4v) is 6.14. The minimum atomic E-state index is 0.241. The van der Waals surface area contributed by atoms with Crippen molar-refractivity contribution in [2.45, 2.75) is 13.8 Å². The second kappa shape index (κ2) is 5.60. The van der Waals surface area contributed by atoms with E-state index in [9.17, 15) is 0 Å². The Kier molecular flexibility index (Phi) is 3.53. The fraction of sp³-hybridized carbons (Fsp3) is 0.143. The molecule has 0 aliphatic rings. The Morgan fingerprint density at radius 3 is 2.54 bits per heavy atom. The number of hydrogen-bond acceptors (Lipinski definition) is 0. The topological polar surface area (TPSA) is 8.24 Å². The van der Waals surface area contributed by atoms with E-state index < -0.39 is 0 Å². The van der Waals surface area contributed by atoms with Crippen molar-refractivity contribution in [3.8, 4) is 11.3 Å². The van der Waals surface area contributed by atoms with Crippen molar-refractivity contribution in [2.24, 2.45) is 7.05 Å². The molecule has 0 bridgehead atoms. The van der Waals surface area contributed by atoms with Crippen LogP contribution in [0.5, 0.6) is 0 Å². The van der Waals surface area contributed by atoms with Gasteiger partial charge in [0.1, 0.15) is 0 Å². The molecule has 0 aliphatic carbocycles. The van der Waals surface area contributed by atoms with Crippen molar-refractivity contribution in [3.05, 3.63) is 71.2 Å². The van der Waals surface area contributed by atoms with Crippen molar-refractivity contribution in [3.63, 3.8) is 0 Å². The molecule has 4 aromatic rings. The van der Waals surface area contributed by atoms with Crippen LogP contribution >= 0.6 is 0 Å². The van der Waals surface area contributed by atoms with Crippen LogP contribution in [0, 0.1) is 20.4 Å². The van der Waals surface area contributed by atoms with Gasteiger partial charge in [-0.2, -0.15) is 0 Å². The Bertz CT molecular complexity index is 1150. The minimum absolute atomic E-state index is 0.241. The van der Waals surface area contributed by atoms with Crippen molar-refractivity contribution in [1.82, 2.24) is 0 Å². The standard InChI is InChI=1S/C21H17N2Se/c1-13-5-10-18(23(4)12-13)20-14(2)6-8-17-16-9-7-15(22-3)11-19(16)24-21(17)20/h5-12H,1-2,4H3/q+1. The van der Waals surface area contributed by atoms with Crippen LogP contribution < -0.4 is 4.57 Å². The molecule has 116 valence electrons. The van der Waals surface area contributed by atoms with Crippen LogP contribution in [0.3, 0.4) is 0 Å². The molecule has 0 radical (unpaired) electrons. The van der Waals surface area contributed by atoms with Gasteiger partial charge in [0.2, 0.25) is 0 Å². The van der Waals surface area contributed by atoms with Crippen LogP contribution in [-0.2, 0) is 7.05 Å². The number of hydrogen-bond donors (Lipinski definition) is 0. The molecular weight excluding hydrogens is 359 g/mol. The van der Waals surface area contributed by atoms with Crippen LogP contribution in [0.2, 0.25) is 0 Å². The number of aromatic nitrogens is 1. The molecule has 0 N–H and O–H groups in total. The molecule has 2 heterocycles. The van der Waals surface area contributed by atoms with Crippen LogP contribution in [0.4, 0.5) is 5.69 Å². The van der Waals surface area contributed by atoms with Gasteiger partial charge in [-0.25, -0.2) is 0 Å². The van der Waals surface area contributed by atoms with E-state index in [1.807, 2.05) is 6.07 Å². The third kappa shape index (κ3) is 2.27. The molecule has 0 saturated heterocycles. The number of aryl methyl sites for hydroxylation is 3. The Labute approximate surface area is 147 Å². The zero-order valence-corrected chi connectivity index (χ0v) is 15.6. The van der Waals surface area contributed by atoms with Crippen LogP contribution in [-0.4, -0.2) is 14.5 Å². The summed E-state index contributed by atoms with van der Waals surface area (Å²) in [5.41, 5.74) is 5.93. The second-order valence-corrected chi connectivity index (χ2v) is 8.44. The van der Waals surface area contributed by atoms with E-state index in [1.165, 1.54) is 41.7 Å². The van der Waals surface area contributed by atoms with E-state index in [1.54, 1.807) is 0 Å². The van der Waals surface area contributed by atoms with Gasteiger partial charge in [0.25, 0.3) is 0 Å². The zero-order chi connectivity index (χ0) is 16.8. The van der Waals surface area contributed by atoms with Gasteiger partial charge in [-0.3, -0.25) is 0 Å². The van der Waals surface area contributed by atoms with Crippen LogP contribution in [0.25, 0.3) is 35.4 Å². The van der Waals surface area contributed by atoms with Crippen molar-refractivity contribution < 1.29 is 4.57 Å². The van der Waals surface area contributed by atoms with E-state index in [-0.39, 0.29) is 14.5 Å². The second-order valence-electron chi connectivity index (χ2n) is 6.23. The first-order valence-electron chi connectivity index (χ1n) is 7.88. The summed E-state index contributed by atoms with van der Waals surface area (Å²) in [6, 6.07) is 15.0. The molecule has 0 amide bonds. The number of nitrogens with zero attached hydrogens (tertiary/aromatic N) is 2. The first-order valence-corrected chi connectivity index (χ1v) is 9.60. The predicted octanol–water partition coefficient (Wildman–Crippen LogP) is 4.71. The summed E-state index contributed by atoms with van der Waals surface area (Å²) in [5, 5.41) is 2.64. The monoisotopic (exact) mass is 377 g/mol. The van der Waals surface area contributed by atoms with Crippen molar-refractivity contribution >= 4 is 39.5 Å². The van der Waals surface area contributed by atoms with E-state index in [0.29, 0.717) is 0 Å². The van der Waals surface area contributed by atoms with Gasteiger partial charge in [-0.15, -0.1) is 0 Å². The van der Waals surface area contributed by atoms with Gasteiger partial charge >= 0.3 is 147 Å². The summed E-state index contributed by atoms with van der Waals surface area (Å²) in [7, 11) is 2.12. The van der Waals surface area contributed by atoms with E-state index in [4.69, 9.17) is 6.57 Å². The molecule has 24 heavy (non-hydrogen) atoms. The molecule has 0 spiro atoms. The molecule has 2 aromatic heterocycles. The first-order chi connectivity index (χ1) is 11.6. The van der Waals surface area contributed by atoms with Crippen LogP contribution in [0.15, 0.2) is 48.7 Å². The molecule has 3 heteroatoms. The van der Waals surface area contributed by atoms with Gasteiger partial charge in [0.05, 0.1) is 0 Å². The molecule has 4 rings (SSSR count). The Morgan fingerprint density at radius 1 is 1.00 bits per heavy atom. The summed E-state index contributed by atoms with van der Waals surface area (Å²) in [4.78, 5) is 3.59. The maximum absolute atomic E-state index is 7.26. The fourth-order valence-electron chi connectivity index (χ4n) is 3.32. The van der Waals surface area contributed by atoms with E-state index >= 15 is 0 Å². The van der Waals surface area contributed by atoms with Crippen molar-refractivity contribution in [2.75, 3.05) is 0 Å². The molecule has 0 aliphatic heterocycles. The summed E-state index contributed by atoms with van der Waals surface area (Å²) in [5.74, 6) is 0. The molecule has 0 atom stereocenters. The van der Waals surface area contributed by atoms with Crippen LogP contribution in [0.1, 0.15) is 11.1 Å². The molecule has 2 nitrogen and oxygen atoms in total. The SMILES string of the molecule is [C-]#[N+]c1ccc2c(c1)[se]c1c(-c3ccc(C)c[n+]3C)c(C)ccc12. The third-order valence-electron chi connectivity index (χ3n) is 4.50. The number of rotatable bonds is 1. The third-order valence-corrected chi connectivity index (χ3v) is 6.99. The zero-order valence-electron chi connectivity index (χ0n) is 13.9. The number of pyridine rings is 1. The molecule has 0 fully saturated rings. The maximum atomic E-state index is 7.26. The summed E-state index contributed by atoms with van der Waals surface area (Å²) >= 11 is 0.241. The quantitative estimate of drug-likeness (QED) is 0.258. The summed E-state index contributed by atoms with van der Waals surface area (Å²) in [6.45, 7) is 11.6. The Balaban J connectivity index is 2.11. The summed E-state index contributed by atoms with van der Waals surface area (Å²) < 4.78 is 4.99. The van der Waals surface area contributed by atoms with Gasteiger partial charge < -0.3 is 0 Å². The van der Waals surface area contributed by atoms with E-state index in [2.05, 4.69) is 72.9 Å². The average molecular weight is 376 g/mol. The molecule has 0 saturated carbocycles. The number of benzene rings is 2. The Morgan fingerprint density at radius 2 is 1.79 bits per heavy atom. The van der Waals surface area contributed by atoms with Gasteiger partial charge in [0.15, 0.2) is 0 Å². The normalized spacial score (nSPS) is 11.1. The Hall–Kier alpha value is -2.40. The van der Waals surface area contributed by atoms with E-state index in [0.717, 1.165) is 5.69 Å². The first kappa shape index (κ1) is 15.1. The molecule has 2 aromatic carbocycles. The van der Waals surface area contributed by atoms with Crippen molar-refractivity contribution in [1.29, 1.82) is 0 Å². The van der Waals surface area contributed by atoms with Gasteiger partial charge in [-0.05, 0) is 0 Å². The van der Waals surface area contributed by atoms with Gasteiger partial charge in [-0.1, -0.05) is 0 Å². The molecule has 0 unspecified atom stereocenters. The average Bonchev–Trinajstić information content (AvgIpc) is 2.93. The predicted molar refractivity (Wildman–Crippen MR) is 101 cm³/mol. The summed E-state index contributed by atoms with van der Waals surface area (Å²) in [6.07, 6.45) is 2.18. The van der Waals surface area contributed by atoms with Gasteiger partial charge in [0, 0.05) is 0 Å².